The summed E-state index contributed by atoms with van der Waals surface area (Å²) in [5.41, 5.74) is 1.84. The van der Waals surface area contributed by atoms with Gasteiger partial charge in [-0.2, -0.15) is 0 Å². The van der Waals surface area contributed by atoms with Crippen LogP contribution in [0.4, 0.5) is 10.5 Å². The predicted molar refractivity (Wildman–Crippen MR) is 110 cm³/mol. The average Bonchev–Trinajstić information content (AvgIpc) is 2.68. The van der Waals surface area contributed by atoms with Crippen molar-refractivity contribution < 1.29 is 14.3 Å². The first-order chi connectivity index (χ1) is 13.3. The van der Waals surface area contributed by atoms with Crippen LogP contribution in [0.25, 0.3) is 0 Å². The summed E-state index contributed by atoms with van der Waals surface area (Å²) < 4.78 is 11.3. The molecule has 6 nitrogen and oxygen atoms in total. The molecule has 1 aliphatic rings. The Hall–Kier alpha value is -2.76. The maximum atomic E-state index is 12.2. The van der Waals surface area contributed by atoms with Crippen LogP contribution in [0.5, 0.6) is 11.6 Å². The largest absolute Gasteiger partial charge is 0.444 e. The minimum Gasteiger partial charge on any atom is -0.444 e. The van der Waals surface area contributed by atoms with Crippen LogP contribution in [-0.4, -0.2) is 47.8 Å². The fraction of sp³-hybridized carbons (Fsp3) is 0.455. The number of rotatable bonds is 4. The minimum atomic E-state index is -0.467. The Morgan fingerprint density at radius 3 is 2.25 bits per heavy atom. The summed E-state index contributed by atoms with van der Waals surface area (Å²) in [6, 6.07) is 11.9. The van der Waals surface area contributed by atoms with Gasteiger partial charge in [0.1, 0.15) is 11.4 Å². The van der Waals surface area contributed by atoms with Crippen molar-refractivity contribution in [1.29, 1.82) is 0 Å². The van der Waals surface area contributed by atoms with Crippen molar-refractivity contribution >= 4 is 11.8 Å². The number of benzene rings is 1. The van der Waals surface area contributed by atoms with E-state index in [0.717, 1.165) is 30.9 Å². The van der Waals surface area contributed by atoms with E-state index in [2.05, 4.69) is 28.9 Å². The Bertz CT molecular complexity index is 774. The molecule has 2 aromatic rings. The minimum absolute atomic E-state index is 0.247. The third-order valence-corrected chi connectivity index (χ3v) is 4.57. The van der Waals surface area contributed by atoms with Crippen molar-refractivity contribution in [2.24, 2.45) is 0 Å². The van der Waals surface area contributed by atoms with Crippen molar-refractivity contribution in [2.75, 3.05) is 31.1 Å². The number of ether oxygens (including phenoxy) is 2. The molecule has 0 saturated carbocycles. The molecule has 3 rings (SSSR count). The normalized spacial score (nSPS) is 14.7. The number of aromatic nitrogens is 1. The van der Waals surface area contributed by atoms with Crippen LogP contribution in [0.15, 0.2) is 42.6 Å². The molecule has 1 fully saturated rings. The van der Waals surface area contributed by atoms with Crippen molar-refractivity contribution in [3.63, 3.8) is 0 Å². The Kier molecular flexibility index (Phi) is 6.07. The highest BCUT2D eigenvalue weighted by Crippen LogP contribution is 2.23. The molecule has 150 valence electrons. The summed E-state index contributed by atoms with van der Waals surface area (Å²) in [5, 5.41) is 0. The molecule has 0 N–H and O–H groups in total. The highest BCUT2D eigenvalue weighted by molar-refractivity contribution is 5.68. The Balaban J connectivity index is 1.53. The van der Waals surface area contributed by atoms with Gasteiger partial charge in [-0.3, -0.25) is 0 Å². The van der Waals surface area contributed by atoms with Crippen molar-refractivity contribution in [3.8, 4) is 11.6 Å². The predicted octanol–water partition coefficient (Wildman–Crippen LogP) is 4.49. The zero-order valence-corrected chi connectivity index (χ0v) is 17.1. The van der Waals surface area contributed by atoms with Gasteiger partial charge in [0, 0.05) is 32.2 Å². The number of carbonyl (C=O) groups is 1. The SMILES string of the molecule is CCc1ccc(Oc2ccc(N3CCN(C(=O)OC(C)(C)C)CC3)cn2)cc1. The lowest BCUT2D eigenvalue weighted by Crippen LogP contribution is -2.50. The summed E-state index contributed by atoms with van der Waals surface area (Å²) in [7, 11) is 0. The summed E-state index contributed by atoms with van der Waals surface area (Å²) in [5.74, 6) is 1.35. The molecular weight excluding hydrogens is 354 g/mol. The van der Waals surface area contributed by atoms with E-state index in [9.17, 15) is 4.79 Å². The Labute approximate surface area is 167 Å². The molecule has 0 bridgehead atoms. The number of nitrogens with zero attached hydrogens (tertiary/aromatic N) is 3. The molecule has 1 aromatic carbocycles. The van der Waals surface area contributed by atoms with Gasteiger partial charge in [0.25, 0.3) is 0 Å². The smallest absolute Gasteiger partial charge is 0.410 e. The molecular formula is C22H29N3O3. The lowest BCUT2D eigenvalue weighted by Gasteiger charge is -2.36. The Morgan fingerprint density at radius 1 is 1.04 bits per heavy atom. The fourth-order valence-corrected chi connectivity index (χ4v) is 3.01. The van der Waals surface area contributed by atoms with Crippen LogP contribution in [0.1, 0.15) is 33.3 Å². The lowest BCUT2D eigenvalue weighted by atomic mass is 10.2. The quantitative estimate of drug-likeness (QED) is 0.778. The summed E-state index contributed by atoms with van der Waals surface area (Å²) in [6.07, 6.45) is 2.58. The van der Waals surface area contributed by atoms with Crippen LogP contribution >= 0.6 is 0 Å². The van der Waals surface area contributed by atoms with Crippen LogP contribution in [-0.2, 0) is 11.2 Å². The monoisotopic (exact) mass is 383 g/mol. The Morgan fingerprint density at radius 2 is 1.71 bits per heavy atom. The molecule has 0 radical (unpaired) electrons. The number of amides is 1. The zero-order valence-electron chi connectivity index (χ0n) is 17.1. The fourth-order valence-electron chi connectivity index (χ4n) is 3.01. The molecule has 6 heteroatoms. The molecule has 1 aliphatic heterocycles. The van der Waals surface area contributed by atoms with Crippen molar-refractivity contribution in [3.05, 3.63) is 48.2 Å². The average molecular weight is 383 g/mol. The number of pyridine rings is 1. The van der Waals surface area contributed by atoms with E-state index in [1.807, 2.05) is 51.2 Å². The van der Waals surface area contributed by atoms with Gasteiger partial charge in [0.15, 0.2) is 0 Å². The van der Waals surface area contributed by atoms with E-state index in [0.29, 0.717) is 19.0 Å². The number of carbonyl (C=O) groups excluding carboxylic acids is 1. The first-order valence-electron chi connectivity index (χ1n) is 9.80. The van der Waals surface area contributed by atoms with E-state index in [1.54, 1.807) is 4.90 Å². The van der Waals surface area contributed by atoms with Crippen LogP contribution in [0, 0.1) is 0 Å². The molecule has 1 saturated heterocycles. The number of hydrogen-bond acceptors (Lipinski definition) is 5. The van der Waals surface area contributed by atoms with Gasteiger partial charge in [-0.25, -0.2) is 9.78 Å². The number of hydrogen-bond donors (Lipinski definition) is 0. The number of piperazine rings is 1. The molecule has 28 heavy (non-hydrogen) atoms. The van der Waals surface area contributed by atoms with Crippen LogP contribution in [0.2, 0.25) is 0 Å². The summed E-state index contributed by atoms with van der Waals surface area (Å²) in [6.45, 7) is 10.5. The highest BCUT2D eigenvalue weighted by atomic mass is 16.6. The second kappa shape index (κ2) is 8.50. The van der Waals surface area contributed by atoms with Gasteiger partial charge in [0.2, 0.25) is 5.88 Å². The van der Waals surface area contributed by atoms with Gasteiger partial charge < -0.3 is 19.3 Å². The van der Waals surface area contributed by atoms with E-state index in [1.165, 1.54) is 5.56 Å². The summed E-state index contributed by atoms with van der Waals surface area (Å²) in [4.78, 5) is 20.6. The molecule has 0 aliphatic carbocycles. The lowest BCUT2D eigenvalue weighted by molar-refractivity contribution is 0.0240. The molecule has 2 heterocycles. The molecule has 0 atom stereocenters. The molecule has 1 amide bonds. The van der Waals surface area contributed by atoms with Crippen molar-refractivity contribution in [2.45, 2.75) is 39.7 Å². The van der Waals surface area contributed by atoms with E-state index < -0.39 is 5.60 Å². The molecule has 1 aromatic heterocycles. The third-order valence-electron chi connectivity index (χ3n) is 4.57. The van der Waals surface area contributed by atoms with Crippen molar-refractivity contribution in [1.82, 2.24) is 9.88 Å². The molecule has 0 spiro atoms. The van der Waals surface area contributed by atoms with Gasteiger partial charge >= 0.3 is 6.09 Å². The first kappa shape index (κ1) is 20.0. The highest BCUT2D eigenvalue weighted by Gasteiger charge is 2.26. The summed E-state index contributed by atoms with van der Waals surface area (Å²) >= 11 is 0. The second-order valence-electron chi connectivity index (χ2n) is 7.91. The standard InChI is InChI=1S/C22H29N3O3/c1-5-17-6-9-19(10-7-17)27-20-11-8-18(16-23-20)24-12-14-25(15-13-24)21(26)28-22(2,3)4/h6-11,16H,5,12-15H2,1-4H3. The zero-order chi connectivity index (χ0) is 20.1. The van der Waals surface area contributed by atoms with Gasteiger partial charge in [-0.05, 0) is 51.0 Å². The second-order valence-corrected chi connectivity index (χ2v) is 7.91. The van der Waals surface area contributed by atoms with E-state index >= 15 is 0 Å². The van der Waals surface area contributed by atoms with E-state index in [-0.39, 0.29) is 6.09 Å². The third kappa shape index (κ3) is 5.38. The number of aryl methyl sites for hydroxylation is 1. The molecule has 0 unspecified atom stereocenters. The van der Waals surface area contributed by atoms with Gasteiger partial charge in [0.05, 0.1) is 11.9 Å². The maximum absolute atomic E-state index is 12.2. The van der Waals surface area contributed by atoms with Gasteiger partial charge in [-0.15, -0.1) is 0 Å². The van der Waals surface area contributed by atoms with Gasteiger partial charge in [-0.1, -0.05) is 19.1 Å². The van der Waals surface area contributed by atoms with Crippen LogP contribution in [0.3, 0.4) is 0 Å². The maximum Gasteiger partial charge on any atom is 0.410 e. The number of anilines is 1. The van der Waals surface area contributed by atoms with Crippen LogP contribution < -0.4 is 9.64 Å². The first-order valence-corrected chi connectivity index (χ1v) is 9.80. The topological polar surface area (TPSA) is 54.9 Å². The van der Waals surface area contributed by atoms with E-state index in [4.69, 9.17) is 9.47 Å².